The molecule has 8 nitrogen and oxygen atoms in total. The Morgan fingerprint density at radius 1 is 1.28 bits per heavy atom. The third-order valence-corrected chi connectivity index (χ3v) is 4.30. The Kier molecular flexibility index (Phi) is 5.08. The molecule has 0 atom stereocenters. The molecule has 1 aliphatic heterocycles. The Hall–Kier alpha value is -2.74. The molecular formula is C17H19N3O5. The van der Waals surface area contributed by atoms with Crippen molar-refractivity contribution in [1.82, 2.24) is 14.7 Å². The van der Waals surface area contributed by atoms with E-state index >= 15 is 0 Å². The molecular weight excluding hydrogens is 326 g/mol. The van der Waals surface area contributed by atoms with Gasteiger partial charge in [-0.1, -0.05) is 12.1 Å². The minimum Gasteiger partial charge on any atom is -0.480 e. The summed E-state index contributed by atoms with van der Waals surface area (Å²) >= 11 is 0. The predicted octanol–water partition coefficient (Wildman–Crippen LogP) is 0.489. The van der Waals surface area contributed by atoms with Crippen LogP contribution in [0.2, 0.25) is 0 Å². The number of hydrogen-bond donors (Lipinski definition) is 1. The topological polar surface area (TPSA) is 102 Å². The first-order valence-electron chi connectivity index (χ1n) is 8.10. The lowest BCUT2D eigenvalue weighted by Gasteiger charge is -2.33. The molecule has 25 heavy (non-hydrogen) atoms. The van der Waals surface area contributed by atoms with Gasteiger partial charge in [-0.3, -0.25) is 19.1 Å². The van der Waals surface area contributed by atoms with E-state index in [1.807, 2.05) is 0 Å². The smallest absolute Gasteiger partial charge is 0.323 e. The quantitative estimate of drug-likeness (QED) is 0.846. The van der Waals surface area contributed by atoms with Crippen molar-refractivity contribution in [2.45, 2.75) is 25.4 Å². The summed E-state index contributed by atoms with van der Waals surface area (Å²) in [4.78, 5) is 37.2. The number of para-hydroxylation sites is 1. The molecule has 3 rings (SSSR count). The molecule has 1 aliphatic rings. The molecule has 0 unspecified atom stereocenters. The van der Waals surface area contributed by atoms with Crippen molar-refractivity contribution in [2.75, 3.05) is 19.8 Å². The van der Waals surface area contributed by atoms with Gasteiger partial charge in [0.25, 0.3) is 0 Å². The summed E-state index contributed by atoms with van der Waals surface area (Å²) in [6.07, 6.45) is 2.39. The number of nitrogens with zero attached hydrogens (tertiary/aromatic N) is 3. The van der Waals surface area contributed by atoms with E-state index in [4.69, 9.17) is 9.84 Å². The summed E-state index contributed by atoms with van der Waals surface area (Å²) in [6, 6.07) is 6.73. The van der Waals surface area contributed by atoms with E-state index in [-0.39, 0.29) is 30.5 Å². The molecule has 1 amide bonds. The lowest BCUT2D eigenvalue weighted by atomic mass is 10.1. The average Bonchev–Trinajstić information content (AvgIpc) is 2.63. The number of carbonyl (C=O) groups is 2. The number of ether oxygens (including phenoxy) is 1. The number of aliphatic carboxylic acids is 1. The van der Waals surface area contributed by atoms with E-state index in [0.29, 0.717) is 37.0 Å². The first-order valence-corrected chi connectivity index (χ1v) is 8.10. The fourth-order valence-corrected chi connectivity index (χ4v) is 3.07. The van der Waals surface area contributed by atoms with E-state index in [1.54, 1.807) is 24.3 Å². The van der Waals surface area contributed by atoms with Crippen LogP contribution in [0.1, 0.15) is 12.8 Å². The Bertz CT molecular complexity index is 842. The van der Waals surface area contributed by atoms with Gasteiger partial charge in [-0.25, -0.2) is 0 Å². The van der Waals surface area contributed by atoms with Crippen molar-refractivity contribution < 1.29 is 19.4 Å². The van der Waals surface area contributed by atoms with Gasteiger partial charge in [0.15, 0.2) is 0 Å². The minimum atomic E-state index is -1.06. The van der Waals surface area contributed by atoms with Crippen LogP contribution in [-0.4, -0.2) is 57.5 Å². The molecule has 0 aliphatic carbocycles. The van der Waals surface area contributed by atoms with Gasteiger partial charge in [0, 0.05) is 24.6 Å². The lowest BCUT2D eigenvalue weighted by molar-refractivity contribution is -0.148. The van der Waals surface area contributed by atoms with Crippen LogP contribution in [0.15, 0.2) is 35.3 Å². The van der Waals surface area contributed by atoms with Gasteiger partial charge in [0.2, 0.25) is 11.3 Å². The third kappa shape index (κ3) is 3.85. The second-order valence-corrected chi connectivity index (χ2v) is 5.94. The number of benzene rings is 1. The van der Waals surface area contributed by atoms with Crippen LogP contribution >= 0.6 is 0 Å². The second kappa shape index (κ2) is 7.43. The molecule has 1 aromatic carbocycles. The molecule has 132 valence electrons. The molecule has 1 fully saturated rings. The zero-order chi connectivity index (χ0) is 17.8. The molecule has 0 spiro atoms. The van der Waals surface area contributed by atoms with Crippen molar-refractivity contribution in [3.8, 4) is 0 Å². The van der Waals surface area contributed by atoms with Crippen molar-refractivity contribution in [3.05, 3.63) is 40.7 Å². The minimum absolute atomic E-state index is 0.120. The van der Waals surface area contributed by atoms with Gasteiger partial charge < -0.3 is 14.7 Å². The first kappa shape index (κ1) is 17.1. The van der Waals surface area contributed by atoms with E-state index in [2.05, 4.69) is 5.10 Å². The molecule has 1 aromatic heterocycles. The molecule has 1 saturated heterocycles. The summed E-state index contributed by atoms with van der Waals surface area (Å²) in [6.45, 7) is 0.535. The number of carboxylic acids is 1. The number of carbonyl (C=O) groups excluding carboxylic acids is 1. The number of amides is 1. The van der Waals surface area contributed by atoms with Crippen molar-refractivity contribution in [3.63, 3.8) is 0 Å². The summed E-state index contributed by atoms with van der Waals surface area (Å²) < 4.78 is 6.72. The lowest BCUT2D eigenvalue weighted by Crippen LogP contribution is -2.47. The Balaban J connectivity index is 1.87. The Morgan fingerprint density at radius 2 is 2.00 bits per heavy atom. The molecule has 2 heterocycles. The summed E-state index contributed by atoms with van der Waals surface area (Å²) in [5.74, 6) is -1.40. The van der Waals surface area contributed by atoms with Gasteiger partial charge >= 0.3 is 5.97 Å². The van der Waals surface area contributed by atoms with Gasteiger partial charge in [-0.2, -0.15) is 5.10 Å². The van der Waals surface area contributed by atoms with E-state index in [1.165, 1.54) is 15.8 Å². The largest absolute Gasteiger partial charge is 0.480 e. The second-order valence-electron chi connectivity index (χ2n) is 5.94. The van der Waals surface area contributed by atoms with Crippen LogP contribution in [0.4, 0.5) is 0 Å². The number of hydrogen-bond acceptors (Lipinski definition) is 5. The third-order valence-electron chi connectivity index (χ3n) is 4.30. The van der Waals surface area contributed by atoms with Gasteiger partial charge in [-0.15, -0.1) is 0 Å². The van der Waals surface area contributed by atoms with Gasteiger partial charge in [0.1, 0.15) is 13.1 Å². The highest BCUT2D eigenvalue weighted by molar-refractivity contribution is 5.84. The van der Waals surface area contributed by atoms with Gasteiger partial charge in [-0.05, 0) is 25.0 Å². The van der Waals surface area contributed by atoms with E-state index < -0.39 is 5.97 Å². The molecule has 8 heteroatoms. The highest BCUT2D eigenvalue weighted by atomic mass is 16.5. The van der Waals surface area contributed by atoms with Crippen LogP contribution in [0.3, 0.4) is 0 Å². The highest BCUT2D eigenvalue weighted by Gasteiger charge is 2.28. The molecule has 0 bridgehead atoms. The fourth-order valence-electron chi connectivity index (χ4n) is 3.07. The number of rotatable bonds is 5. The maximum absolute atomic E-state index is 12.8. The summed E-state index contributed by atoms with van der Waals surface area (Å²) in [5.41, 5.74) is 0.330. The average molecular weight is 345 g/mol. The number of fused-ring (bicyclic) bond motifs is 1. The van der Waals surface area contributed by atoms with Crippen LogP contribution in [0.25, 0.3) is 10.9 Å². The van der Waals surface area contributed by atoms with Gasteiger partial charge in [0.05, 0.1) is 11.7 Å². The maximum atomic E-state index is 12.8. The zero-order valence-corrected chi connectivity index (χ0v) is 13.6. The number of aromatic nitrogens is 2. The van der Waals surface area contributed by atoms with Crippen molar-refractivity contribution in [2.24, 2.45) is 0 Å². The first-order chi connectivity index (χ1) is 12.1. The summed E-state index contributed by atoms with van der Waals surface area (Å²) in [5, 5.41) is 13.7. The molecule has 2 aromatic rings. The zero-order valence-electron chi connectivity index (χ0n) is 13.6. The normalized spacial score (nSPS) is 15.2. The SMILES string of the molecule is O=C(O)CN(C(=O)Cn1ncc(=O)c2ccccc21)C1CCOCC1. The van der Waals surface area contributed by atoms with Crippen LogP contribution in [0, 0.1) is 0 Å². The van der Waals surface area contributed by atoms with Crippen molar-refractivity contribution in [1.29, 1.82) is 0 Å². The standard InChI is InChI=1S/C17H19N3O5/c21-15-9-18-20(14-4-2-1-3-13(14)15)10-16(22)19(11-17(23)24)12-5-7-25-8-6-12/h1-4,9,12H,5-8,10-11H2,(H,23,24). The Labute approximate surface area is 143 Å². The van der Waals surface area contributed by atoms with Crippen LogP contribution in [-0.2, 0) is 20.9 Å². The fraction of sp³-hybridized carbons (Fsp3) is 0.412. The number of carboxylic acid groups (broad SMARTS) is 1. The van der Waals surface area contributed by atoms with E-state index in [0.717, 1.165) is 0 Å². The van der Waals surface area contributed by atoms with Crippen LogP contribution < -0.4 is 5.43 Å². The maximum Gasteiger partial charge on any atom is 0.323 e. The molecule has 0 radical (unpaired) electrons. The van der Waals surface area contributed by atoms with Crippen LogP contribution in [0.5, 0.6) is 0 Å². The summed E-state index contributed by atoms with van der Waals surface area (Å²) in [7, 11) is 0. The molecule has 0 saturated carbocycles. The Morgan fingerprint density at radius 3 is 2.72 bits per heavy atom. The molecule has 1 N–H and O–H groups in total. The highest BCUT2D eigenvalue weighted by Crippen LogP contribution is 2.16. The van der Waals surface area contributed by atoms with E-state index in [9.17, 15) is 14.4 Å². The van der Waals surface area contributed by atoms with Crippen molar-refractivity contribution >= 4 is 22.8 Å². The monoisotopic (exact) mass is 345 g/mol. The predicted molar refractivity (Wildman–Crippen MR) is 89.2 cm³/mol.